The predicted octanol–water partition coefficient (Wildman–Crippen LogP) is 2.96. The smallest absolute Gasteiger partial charge is 0.123 e. The van der Waals surface area contributed by atoms with Crippen LogP contribution in [0.3, 0.4) is 0 Å². The normalized spacial score (nSPS) is 8.92. The Morgan fingerprint density at radius 3 is 2.38 bits per heavy atom. The second-order valence-electron chi connectivity index (χ2n) is 2.87. The van der Waals surface area contributed by atoms with Gasteiger partial charge in [0.2, 0.25) is 0 Å². The average molecular weight is 183 g/mol. The van der Waals surface area contributed by atoms with Gasteiger partial charge in [-0.05, 0) is 24.7 Å². The van der Waals surface area contributed by atoms with E-state index >= 15 is 0 Å². The summed E-state index contributed by atoms with van der Waals surface area (Å²) in [4.78, 5) is 0. The standard InChI is InChI=1S/C8H10FN.C3H8/c1-10-6-7-3-2-4-8(9)5-7;1-3-2/h2-5,10H,6H2,1H3;3H2,1-2H3. The van der Waals surface area contributed by atoms with Gasteiger partial charge in [0.15, 0.2) is 0 Å². The molecular weight excluding hydrogens is 165 g/mol. The zero-order valence-corrected chi connectivity index (χ0v) is 8.60. The maximum Gasteiger partial charge on any atom is 0.123 e. The summed E-state index contributed by atoms with van der Waals surface area (Å²) in [5.74, 6) is -0.173. The average Bonchev–Trinajstić information content (AvgIpc) is 2.06. The highest BCUT2D eigenvalue weighted by Crippen LogP contribution is 2.01. The summed E-state index contributed by atoms with van der Waals surface area (Å²) in [6.07, 6.45) is 1.25. The van der Waals surface area contributed by atoms with Crippen molar-refractivity contribution in [3.63, 3.8) is 0 Å². The Bertz CT molecular complexity index is 223. The van der Waals surface area contributed by atoms with E-state index in [4.69, 9.17) is 0 Å². The molecule has 1 N–H and O–H groups in total. The van der Waals surface area contributed by atoms with Crippen LogP contribution in [0.15, 0.2) is 24.3 Å². The van der Waals surface area contributed by atoms with Crippen molar-refractivity contribution in [2.24, 2.45) is 0 Å². The molecule has 1 aromatic rings. The summed E-state index contributed by atoms with van der Waals surface area (Å²) in [7, 11) is 1.84. The first-order chi connectivity index (χ1) is 6.24. The zero-order chi connectivity index (χ0) is 10.1. The van der Waals surface area contributed by atoms with E-state index in [0.717, 1.165) is 12.1 Å². The van der Waals surface area contributed by atoms with Crippen LogP contribution in [0.2, 0.25) is 0 Å². The van der Waals surface area contributed by atoms with Crippen LogP contribution >= 0.6 is 0 Å². The van der Waals surface area contributed by atoms with Crippen LogP contribution in [0.5, 0.6) is 0 Å². The summed E-state index contributed by atoms with van der Waals surface area (Å²) in [6, 6.07) is 6.57. The summed E-state index contributed by atoms with van der Waals surface area (Å²) in [6.45, 7) is 4.97. The molecule has 0 aliphatic carbocycles. The monoisotopic (exact) mass is 183 g/mol. The first kappa shape index (κ1) is 12.1. The van der Waals surface area contributed by atoms with Crippen molar-refractivity contribution in [3.8, 4) is 0 Å². The molecule has 0 saturated carbocycles. The highest BCUT2D eigenvalue weighted by molar-refractivity contribution is 5.15. The van der Waals surface area contributed by atoms with Gasteiger partial charge in [0.1, 0.15) is 5.82 Å². The number of benzene rings is 1. The molecule has 0 heterocycles. The van der Waals surface area contributed by atoms with E-state index < -0.39 is 0 Å². The number of nitrogens with one attached hydrogen (secondary N) is 1. The highest BCUT2D eigenvalue weighted by Gasteiger charge is 1.91. The number of hydrogen-bond donors (Lipinski definition) is 1. The van der Waals surface area contributed by atoms with E-state index in [1.54, 1.807) is 6.07 Å². The predicted molar refractivity (Wildman–Crippen MR) is 55.1 cm³/mol. The van der Waals surface area contributed by atoms with Gasteiger partial charge in [-0.1, -0.05) is 32.4 Å². The third-order valence-electron chi connectivity index (χ3n) is 1.27. The molecule has 0 unspecified atom stereocenters. The lowest BCUT2D eigenvalue weighted by molar-refractivity contribution is 0.624. The Labute approximate surface area is 80.0 Å². The lowest BCUT2D eigenvalue weighted by Crippen LogP contribution is -2.04. The molecule has 1 aromatic carbocycles. The van der Waals surface area contributed by atoms with Crippen LogP contribution < -0.4 is 5.32 Å². The fourth-order valence-corrected chi connectivity index (χ4v) is 0.851. The molecular formula is C11H18FN. The molecule has 1 nitrogen and oxygen atoms in total. The Morgan fingerprint density at radius 1 is 1.31 bits per heavy atom. The second-order valence-corrected chi connectivity index (χ2v) is 2.87. The van der Waals surface area contributed by atoms with Gasteiger partial charge in [-0.2, -0.15) is 0 Å². The summed E-state index contributed by atoms with van der Waals surface area (Å²) in [5.41, 5.74) is 0.975. The van der Waals surface area contributed by atoms with Crippen molar-refractivity contribution in [2.75, 3.05) is 7.05 Å². The van der Waals surface area contributed by atoms with E-state index in [9.17, 15) is 4.39 Å². The fraction of sp³-hybridized carbons (Fsp3) is 0.455. The molecule has 0 atom stereocenters. The minimum absolute atomic E-state index is 0.173. The Balaban J connectivity index is 0.000000424. The van der Waals surface area contributed by atoms with E-state index in [1.807, 2.05) is 13.1 Å². The topological polar surface area (TPSA) is 12.0 Å². The van der Waals surface area contributed by atoms with Gasteiger partial charge in [0, 0.05) is 6.54 Å². The van der Waals surface area contributed by atoms with Crippen molar-refractivity contribution in [3.05, 3.63) is 35.6 Å². The molecule has 0 spiro atoms. The molecule has 2 heteroatoms. The van der Waals surface area contributed by atoms with Crippen molar-refractivity contribution in [1.82, 2.24) is 5.32 Å². The van der Waals surface area contributed by atoms with Crippen LogP contribution in [-0.4, -0.2) is 7.05 Å². The lowest BCUT2D eigenvalue weighted by atomic mass is 10.2. The summed E-state index contributed by atoms with van der Waals surface area (Å²) >= 11 is 0. The molecule has 0 aromatic heterocycles. The minimum atomic E-state index is -0.173. The minimum Gasteiger partial charge on any atom is -0.316 e. The fourth-order valence-electron chi connectivity index (χ4n) is 0.851. The molecule has 0 aliphatic heterocycles. The van der Waals surface area contributed by atoms with Crippen LogP contribution in [0.25, 0.3) is 0 Å². The quantitative estimate of drug-likeness (QED) is 0.743. The third kappa shape index (κ3) is 6.29. The number of halogens is 1. The lowest BCUT2D eigenvalue weighted by Gasteiger charge is -1.97. The maximum atomic E-state index is 12.5. The summed E-state index contributed by atoms with van der Waals surface area (Å²) < 4.78 is 12.5. The van der Waals surface area contributed by atoms with Gasteiger partial charge < -0.3 is 5.32 Å². The second kappa shape index (κ2) is 7.74. The van der Waals surface area contributed by atoms with Gasteiger partial charge in [0.05, 0.1) is 0 Å². The first-order valence-corrected chi connectivity index (χ1v) is 4.63. The van der Waals surface area contributed by atoms with Crippen molar-refractivity contribution >= 4 is 0 Å². The zero-order valence-electron chi connectivity index (χ0n) is 8.60. The number of rotatable bonds is 2. The van der Waals surface area contributed by atoms with E-state index in [1.165, 1.54) is 18.6 Å². The molecule has 0 radical (unpaired) electrons. The largest absolute Gasteiger partial charge is 0.316 e. The Hall–Kier alpha value is -0.890. The molecule has 1 rings (SSSR count). The molecule has 0 saturated heterocycles. The molecule has 0 amide bonds. The van der Waals surface area contributed by atoms with E-state index in [0.29, 0.717) is 0 Å². The summed E-state index contributed by atoms with van der Waals surface area (Å²) in [5, 5.41) is 2.94. The van der Waals surface area contributed by atoms with Crippen LogP contribution in [0.4, 0.5) is 4.39 Å². The van der Waals surface area contributed by atoms with Crippen LogP contribution in [0.1, 0.15) is 25.8 Å². The highest BCUT2D eigenvalue weighted by atomic mass is 19.1. The Kier molecular flexibility index (Phi) is 7.21. The van der Waals surface area contributed by atoms with E-state index in [2.05, 4.69) is 19.2 Å². The molecule has 74 valence electrons. The van der Waals surface area contributed by atoms with Gasteiger partial charge in [0.25, 0.3) is 0 Å². The number of hydrogen-bond acceptors (Lipinski definition) is 1. The van der Waals surface area contributed by atoms with Crippen molar-refractivity contribution in [1.29, 1.82) is 0 Å². The van der Waals surface area contributed by atoms with Crippen LogP contribution in [-0.2, 0) is 6.54 Å². The van der Waals surface area contributed by atoms with Crippen molar-refractivity contribution < 1.29 is 4.39 Å². The SMILES string of the molecule is CCC.CNCc1cccc(F)c1. The third-order valence-corrected chi connectivity index (χ3v) is 1.27. The maximum absolute atomic E-state index is 12.5. The van der Waals surface area contributed by atoms with E-state index in [-0.39, 0.29) is 5.82 Å². The molecule has 13 heavy (non-hydrogen) atoms. The van der Waals surface area contributed by atoms with Crippen molar-refractivity contribution in [2.45, 2.75) is 26.8 Å². The van der Waals surface area contributed by atoms with Gasteiger partial charge in [-0.25, -0.2) is 4.39 Å². The van der Waals surface area contributed by atoms with Gasteiger partial charge in [-0.3, -0.25) is 0 Å². The molecule has 0 fully saturated rings. The Morgan fingerprint density at radius 2 is 1.92 bits per heavy atom. The molecule has 0 aliphatic rings. The van der Waals surface area contributed by atoms with Crippen LogP contribution in [0, 0.1) is 5.82 Å². The first-order valence-electron chi connectivity index (χ1n) is 4.63. The van der Waals surface area contributed by atoms with Gasteiger partial charge in [-0.15, -0.1) is 0 Å². The molecule has 0 bridgehead atoms. The van der Waals surface area contributed by atoms with Gasteiger partial charge >= 0.3 is 0 Å².